The fourth-order valence-corrected chi connectivity index (χ4v) is 2.33. The quantitative estimate of drug-likeness (QED) is 0.440. The fourth-order valence-electron chi connectivity index (χ4n) is 2.14. The van der Waals surface area contributed by atoms with Gasteiger partial charge in [-0.05, 0) is 11.6 Å². The Balaban J connectivity index is 2.01. The smallest absolute Gasteiger partial charge is 0.237 e. The zero-order valence-electron chi connectivity index (χ0n) is 10.8. The van der Waals surface area contributed by atoms with Gasteiger partial charge in [0.15, 0.2) is 0 Å². The zero-order valence-corrected chi connectivity index (χ0v) is 11.6. The van der Waals surface area contributed by atoms with E-state index in [0.717, 1.165) is 0 Å². The molecule has 0 unspecified atom stereocenters. The summed E-state index contributed by atoms with van der Waals surface area (Å²) in [6.07, 6.45) is -0.931. The van der Waals surface area contributed by atoms with E-state index in [1.807, 2.05) is 0 Å². The lowest BCUT2D eigenvalue weighted by atomic mass is 10.1. The van der Waals surface area contributed by atoms with E-state index in [9.17, 15) is 14.3 Å². The molecule has 0 saturated carbocycles. The monoisotopic (exact) mass is 313 g/mol. The van der Waals surface area contributed by atoms with Crippen LogP contribution in [0.2, 0.25) is 5.02 Å². The lowest BCUT2D eigenvalue weighted by Gasteiger charge is -2.16. The number of carbonyl (C=O) groups excluding carboxylic acids is 1. The Bertz CT molecular complexity index is 593. The molecule has 0 aliphatic carbocycles. The summed E-state index contributed by atoms with van der Waals surface area (Å²) >= 11 is 5.65. The van der Waals surface area contributed by atoms with Crippen LogP contribution in [0, 0.1) is 5.82 Å². The molecule has 1 aliphatic heterocycles. The molecular weight excluding hydrogens is 301 g/mol. The summed E-state index contributed by atoms with van der Waals surface area (Å²) in [5.41, 5.74) is 8.69. The first-order chi connectivity index (χ1) is 10.0. The zero-order chi connectivity index (χ0) is 15.4. The molecule has 0 aromatic heterocycles. The van der Waals surface area contributed by atoms with Gasteiger partial charge in [0, 0.05) is 23.6 Å². The summed E-state index contributed by atoms with van der Waals surface area (Å²) in [7, 11) is 0. The van der Waals surface area contributed by atoms with Crippen LogP contribution in [0.4, 0.5) is 4.39 Å². The Morgan fingerprint density at radius 1 is 1.67 bits per heavy atom. The minimum atomic E-state index is -0.931. The predicted molar refractivity (Wildman–Crippen MR) is 74.0 cm³/mol. The van der Waals surface area contributed by atoms with Gasteiger partial charge in [-0.15, -0.1) is 0 Å². The summed E-state index contributed by atoms with van der Waals surface area (Å²) in [5, 5.41) is 18.3. The van der Waals surface area contributed by atoms with Crippen LogP contribution in [0.25, 0.3) is 10.4 Å². The van der Waals surface area contributed by atoms with Crippen molar-refractivity contribution in [3.63, 3.8) is 0 Å². The number of nitrogens with zero attached hydrogens (tertiary/aromatic N) is 3. The molecule has 7 nitrogen and oxygen atoms in total. The molecular formula is C12H13ClFN5O2. The van der Waals surface area contributed by atoms with Crippen molar-refractivity contribution in [1.29, 1.82) is 0 Å². The third-order valence-corrected chi connectivity index (χ3v) is 3.53. The lowest BCUT2D eigenvalue weighted by molar-refractivity contribution is -0.123. The van der Waals surface area contributed by atoms with E-state index in [1.54, 1.807) is 6.07 Å². The molecule has 3 atom stereocenters. The largest absolute Gasteiger partial charge is 0.391 e. The molecule has 112 valence electrons. The number of carbonyl (C=O) groups is 1. The number of benzene rings is 1. The van der Waals surface area contributed by atoms with Gasteiger partial charge in [-0.1, -0.05) is 28.8 Å². The molecule has 1 aliphatic rings. The number of azide groups is 1. The molecule has 2 rings (SSSR count). The number of aliphatic hydroxyl groups excluding tert-OH is 1. The molecule has 1 aromatic rings. The van der Waals surface area contributed by atoms with Crippen LogP contribution in [0.5, 0.6) is 0 Å². The van der Waals surface area contributed by atoms with Crippen LogP contribution in [0.1, 0.15) is 5.56 Å². The fraction of sp³-hybridized carbons (Fsp3) is 0.417. The number of rotatable bonds is 4. The topological polar surface area (TPSA) is 110 Å². The van der Waals surface area contributed by atoms with Gasteiger partial charge in [0.1, 0.15) is 5.82 Å². The van der Waals surface area contributed by atoms with Crippen molar-refractivity contribution in [2.24, 2.45) is 5.11 Å². The number of β-amino-alcohol motifs (C(OH)–C–C–N with tert-alkyl or cyclic N) is 1. The second kappa shape index (κ2) is 6.73. The molecule has 1 heterocycles. The van der Waals surface area contributed by atoms with Crippen LogP contribution >= 0.6 is 11.6 Å². The lowest BCUT2D eigenvalue weighted by Crippen LogP contribution is -2.46. The van der Waals surface area contributed by atoms with E-state index in [0.29, 0.717) is 0 Å². The molecule has 0 bridgehead atoms. The highest BCUT2D eigenvalue weighted by Crippen LogP contribution is 2.18. The van der Waals surface area contributed by atoms with Gasteiger partial charge in [-0.3, -0.25) is 4.79 Å². The Labute approximate surface area is 124 Å². The van der Waals surface area contributed by atoms with E-state index in [2.05, 4.69) is 20.7 Å². The van der Waals surface area contributed by atoms with Gasteiger partial charge < -0.3 is 15.7 Å². The Morgan fingerprint density at radius 3 is 3.14 bits per heavy atom. The van der Waals surface area contributed by atoms with Crippen molar-refractivity contribution in [1.82, 2.24) is 10.6 Å². The molecule has 21 heavy (non-hydrogen) atoms. The predicted octanol–water partition coefficient (Wildman–Crippen LogP) is 1.11. The van der Waals surface area contributed by atoms with Crippen molar-refractivity contribution >= 4 is 17.5 Å². The van der Waals surface area contributed by atoms with E-state index in [1.165, 1.54) is 12.1 Å². The Kier molecular flexibility index (Phi) is 4.98. The summed E-state index contributed by atoms with van der Waals surface area (Å²) < 4.78 is 13.7. The number of hydrogen-bond donors (Lipinski definition) is 3. The number of hydrogen-bond acceptors (Lipinski definition) is 4. The first-order valence-electron chi connectivity index (χ1n) is 6.21. The number of amides is 1. The first-order valence-corrected chi connectivity index (χ1v) is 6.58. The highest BCUT2D eigenvalue weighted by molar-refractivity contribution is 6.30. The number of halogens is 2. The highest BCUT2D eigenvalue weighted by Gasteiger charge is 2.38. The summed E-state index contributed by atoms with van der Waals surface area (Å²) in [5.74, 6) is -1.08. The molecule has 0 radical (unpaired) electrons. The summed E-state index contributed by atoms with van der Waals surface area (Å²) in [4.78, 5) is 14.6. The molecule has 9 heteroatoms. The van der Waals surface area contributed by atoms with Crippen molar-refractivity contribution in [2.45, 2.75) is 24.7 Å². The third-order valence-electron chi connectivity index (χ3n) is 3.23. The van der Waals surface area contributed by atoms with E-state index < -0.39 is 29.9 Å². The second-order valence-corrected chi connectivity index (χ2v) is 4.99. The van der Waals surface area contributed by atoms with Crippen LogP contribution in [0.3, 0.4) is 0 Å². The standard InChI is InChI=1S/C12H13ClFN5O2/c13-7-3-1-2-6(9(7)14)4-17-12(21)11-10(18-19-15)8(20)5-16-11/h1-3,8,10-11,16,20H,4-5H2,(H,17,21)/t8-,10+,11-/m0/s1. The average molecular weight is 314 g/mol. The summed E-state index contributed by atoms with van der Waals surface area (Å²) in [6, 6.07) is 2.75. The number of aliphatic hydroxyl groups is 1. The van der Waals surface area contributed by atoms with E-state index in [4.69, 9.17) is 17.1 Å². The van der Waals surface area contributed by atoms with E-state index >= 15 is 0 Å². The molecule has 1 fully saturated rings. The van der Waals surface area contributed by atoms with Gasteiger partial charge in [0.05, 0.1) is 23.2 Å². The normalized spacial score (nSPS) is 24.4. The molecule has 3 N–H and O–H groups in total. The van der Waals surface area contributed by atoms with Crippen LogP contribution in [-0.2, 0) is 11.3 Å². The number of nitrogens with one attached hydrogen (secondary N) is 2. The van der Waals surface area contributed by atoms with Gasteiger partial charge >= 0.3 is 0 Å². The minimum absolute atomic E-state index is 0.0249. The van der Waals surface area contributed by atoms with Gasteiger partial charge in [-0.25, -0.2) is 4.39 Å². The molecule has 1 saturated heterocycles. The van der Waals surface area contributed by atoms with Gasteiger partial charge in [-0.2, -0.15) is 0 Å². The van der Waals surface area contributed by atoms with Crippen LogP contribution in [-0.4, -0.2) is 35.7 Å². The molecule has 0 spiro atoms. The highest BCUT2D eigenvalue weighted by atomic mass is 35.5. The minimum Gasteiger partial charge on any atom is -0.391 e. The van der Waals surface area contributed by atoms with Crippen LogP contribution in [0.15, 0.2) is 23.3 Å². The van der Waals surface area contributed by atoms with Crippen LogP contribution < -0.4 is 10.6 Å². The van der Waals surface area contributed by atoms with Gasteiger partial charge in [0.2, 0.25) is 5.91 Å². The van der Waals surface area contributed by atoms with Crippen molar-refractivity contribution in [2.75, 3.05) is 6.54 Å². The molecule has 1 aromatic carbocycles. The van der Waals surface area contributed by atoms with Crippen molar-refractivity contribution < 1.29 is 14.3 Å². The maximum atomic E-state index is 13.7. The average Bonchev–Trinajstić information content (AvgIpc) is 2.82. The Hall–Kier alpha value is -1.86. The molecule has 1 amide bonds. The maximum Gasteiger partial charge on any atom is 0.237 e. The first kappa shape index (κ1) is 15.5. The van der Waals surface area contributed by atoms with Gasteiger partial charge in [0.25, 0.3) is 0 Å². The maximum absolute atomic E-state index is 13.7. The van der Waals surface area contributed by atoms with E-state index in [-0.39, 0.29) is 23.7 Å². The summed E-state index contributed by atoms with van der Waals surface area (Å²) in [6.45, 7) is 0.0930. The van der Waals surface area contributed by atoms with Crippen molar-refractivity contribution in [3.05, 3.63) is 45.0 Å². The van der Waals surface area contributed by atoms with Crippen molar-refractivity contribution in [3.8, 4) is 0 Å². The Morgan fingerprint density at radius 2 is 2.43 bits per heavy atom. The second-order valence-electron chi connectivity index (χ2n) is 4.58. The SMILES string of the molecule is [N-]=[N+]=N[C@H]1[C@@H](C(=O)NCc2cccc(Cl)c2F)NC[C@@H]1O. The third kappa shape index (κ3) is 3.43.